The molecular weight excluding hydrogens is 402 g/mol. The minimum absolute atomic E-state index is 0.126. The Kier molecular flexibility index (Phi) is 6.82. The van der Waals surface area contributed by atoms with Crippen LogP contribution >= 0.6 is 0 Å². The van der Waals surface area contributed by atoms with Crippen LogP contribution in [0.5, 0.6) is 5.75 Å². The van der Waals surface area contributed by atoms with Crippen LogP contribution in [0.1, 0.15) is 50.4 Å². The number of fused-ring (bicyclic) bond motifs is 1. The van der Waals surface area contributed by atoms with Crippen molar-refractivity contribution in [1.82, 2.24) is 15.5 Å². The van der Waals surface area contributed by atoms with E-state index in [9.17, 15) is 19.2 Å². The van der Waals surface area contributed by atoms with E-state index in [2.05, 4.69) is 10.6 Å². The van der Waals surface area contributed by atoms with Crippen LogP contribution in [0.2, 0.25) is 0 Å². The van der Waals surface area contributed by atoms with Crippen molar-refractivity contribution < 1.29 is 28.7 Å². The average molecular weight is 431 g/mol. The van der Waals surface area contributed by atoms with E-state index in [1.165, 1.54) is 4.90 Å². The quantitative estimate of drug-likeness (QED) is 0.655. The number of amides is 3. The van der Waals surface area contributed by atoms with Crippen molar-refractivity contribution >= 4 is 23.7 Å². The third kappa shape index (κ3) is 5.15. The summed E-state index contributed by atoms with van der Waals surface area (Å²) < 4.78 is 11.1. The molecular formula is C22H29N3O6. The number of carbonyl (C=O) groups is 4. The highest BCUT2D eigenvalue weighted by Gasteiger charge is 2.42. The SMILES string of the molecule is CCOC(=O)C(NC(=O)CN1CCC2(CCC1=O)NC(=O)c1ccccc1O2)C(C)C. The van der Waals surface area contributed by atoms with Gasteiger partial charge in [0.15, 0.2) is 5.72 Å². The lowest BCUT2D eigenvalue weighted by atomic mass is 10.0. The maximum absolute atomic E-state index is 12.6. The molecule has 1 aromatic carbocycles. The number of nitrogens with zero attached hydrogens (tertiary/aromatic N) is 1. The third-order valence-corrected chi connectivity index (χ3v) is 5.52. The molecule has 2 aliphatic heterocycles. The smallest absolute Gasteiger partial charge is 0.328 e. The van der Waals surface area contributed by atoms with E-state index >= 15 is 0 Å². The molecule has 3 amide bonds. The van der Waals surface area contributed by atoms with Crippen molar-refractivity contribution in [2.75, 3.05) is 19.7 Å². The number of ether oxygens (including phenoxy) is 2. The molecule has 9 heteroatoms. The molecule has 31 heavy (non-hydrogen) atoms. The van der Waals surface area contributed by atoms with Crippen molar-refractivity contribution in [2.24, 2.45) is 5.92 Å². The van der Waals surface area contributed by atoms with Gasteiger partial charge in [0, 0.05) is 25.8 Å². The van der Waals surface area contributed by atoms with Crippen molar-refractivity contribution in [3.05, 3.63) is 29.8 Å². The van der Waals surface area contributed by atoms with Crippen molar-refractivity contribution in [3.8, 4) is 5.75 Å². The lowest BCUT2D eigenvalue weighted by Gasteiger charge is -2.38. The summed E-state index contributed by atoms with van der Waals surface area (Å²) in [7, 11) is 0. The van der Waals surface area contributed by atoms with Gasteiger partial charge in [-0.05, 0) is 25.0 Å². The van der Waals surface area contributed by atoms with E-state index in [-0.39, 0.29) is 43.8 Å². The molecule has 3 rings (SSSR count). The molecule has 0 bridgehead atoms. The number of hydrogen-bond acceptors (Lipinski definition) is 6. The molecule has 1 fully saturated rings. The van der Waals surface area contributed by atoms with E-state index < -0.39 is 23.6 Å². The number of nitrogens with one attached hydrogen (secondary N) is 2. The number of rotatable bonds is 6. The summed E-state index contributed by atoms with van der Waals surface area (Å²) in [6.45, 7) is 5.60. The maximum atomic E-state index is 12.6. The molecule has 2 N–H and O–H groups in total. The molecule has 2 unspecified atom stereocenters. The van der Waals surface area contributed by atoms with Crippen molar-refractivity contribution in [2.45, 2.75) is 51.8 Å². The predicted octanol–water partition coefficient (Wildman–Crippen LogP) is 1.22. The molecule has 0 aromatic heterocycles. The third-order valence-electron chi connectivity index (χ3n) is 5.52. The Bertz CT molecular complexity index is 871. The second-order valence-corrected chi connectivity index (χ2v) is 8.15. The predicted molar refractivity (Wildman–Crippen MR) is 111 cm³/mol. The first kappa shape index (κ1) is 22.6. The standard InChI is InChI=1S/C22H29N3O6/c1-4-30-21(29)19(14(2)3)23-17(26)13-25-12-11-22(10-9-18(25)27)24-20(28)15-7-5-6-8-16(15)31-22/h5-8,14,19H,4,9-13H2,1-3H3,(H,23,26)(H,24,28). The number of likely N-dealkylation sites (tertiary alicyclic amines) is 1. The monoisotopic (exact) mass is 431 g/mol. The molecule has 1 aromatic rings. The van der Waals surface area contributed by atoms with E-state index in [4.69, 9.17) is 9.47 Å². The summed E-state index contributed by atoms with van der Waals surface area (Å²) in [6, 6.07) is 6.19. The molecule has 1 saturated heterocycles. The van der Waals surface area contributed by atoms with Gasteiger partial charge in [0.2, 0.25) is 11.8 Å². The van der Waals surface area contributed by atoms with Crippen molar-refractivity contribution in [1.29, 1.82) is 0 Å². The zero-order valence-corrected chi connectivity index (χ0v) is 18.1. The second kappa shape index (κ2) is 9.36. The maximum Gasteiger partial charge on any atom is 0.328 e. The molecule has 0 radical (unpaired) electrons. The Morgan fingerprint density at radius 3 is 2.71 bits per heavy atom. The number of para-hydroxylation sites is 1. The zero-order chi connectivity index (χ0) is 22.6. The Morgan fingerprint density at radius 1 is 1.26 bits per heavy atom. The molecule has 0 aliphatic carbocycles. The summed E-state index contributed by atoms with van der Waals surface area (Å²) in [6.07, 6.45) is 0.778. The van der Waals surface area contributed by atoms with Gasteiger partial charge in [0.1, 0.15) is 11.8 Å². The van der Waals surface area contributed by atoms with Crippen LogP contribution in [0.15, 0.2) is 24.3 Å². The van der Waals surface area contributed by atoms with Crippen LogP contribution < -0.4 is 15.4 Å². The Balaban J connectivity index is 1.65. The van der Waals surface area contributed by atoms with Crippen LogP contribution in [0.25, 0.3) is 0 Å². The zero-order valence-electron chi connectivity index (χ0n) is 18.1. The summed E-state index contributed by atoms with van der Waals surface area (Å²) in [5.74, 6) is -1.05. The van der Waals surface area contributed by atoms with E-state index in [1.807, 2.05) is 13.8 Å². The fraction of sp³-hybridized carbons (Fsp3) is 0.545. The van der Waals surface area contributed by atoms with Gasteiger partial charge >= 0.3 is 5.97 Å². The Morgan fingerprint density at radius 2 is 2.00 bits per heavy atom. The number of benzene rings is 1. The highest BCUT2D eigenvalue weighted by atomic mass is 16.5. The lowest BCUT2D eigenvalue weighted by molar-refractivity contribution is -0.149. The van der Waals surface area contributed by atoms with E-state index in [0.717, 1.165) is 0 Å². The summed E-state index contributed by atoms with van der Waals surface area (Å²) in [4.78, 5) is 51.2. The van der Waals surface area contributed by atoms with Gasteiger partial charge in [0.05, 0.1) is 18.7 Å². The van der Waals surface area contributed by atoms with Gasteiger partial charge < -0.3 is 25.0 Å². The van der Waals surface area contributed by atoms with Gasteiger partial charge in [-0.2, -0.15) is 0 Å². The fourth-order valence-corrected chi connectivity index (χ4v) is 3.80. The lowest BCUT2D eigenvalue weighted by Crippen LogP contribution is -2.56. The fourth-order valence-electron chi connectivity index (χ4n) is 3.80. The van der Waals surface area contributed by atoms with E-state index in [0.29, 0.717) is 24.2 Å². The molecule has 1 spiro atoms. The molecule has 2 atom stereocenters. The largest absolute Gasteiger partial charge is 0.467 e. The highest BCUT2D eigenvalue weighted by Crippen LogP contribution is 2.33. The van der Waals surface area contributed by atoms with Gasteiger partial charge in [-0.3, -0.25) is 14.4 Å². The number of hydrogen-bond donors (Lipinski definition) is 2. The second-order valence-electron chi connectivity index (χ2n) is 8.15. The normalized spacial score (nSPS) is 21.6. The van der Waals surface area contributed by atoms with Crippen LogP contribution in [-0.4, -0.2) is 60.1 Å². The minimum atomic E-state index is -0.988. The van der Waals surface area contributed by atoms with Crippen molar-refractivity contribution in [3.63, 3.8) is 0 Å². The first-order chi connectivity index (χ1) is 14.7. The first-order valence-corrected chi connectivity index (χ1v) is 10.6. The van der Waals surface area contributed by atoms with Gasteiger partial charge in [-0.1, -0.05) is 26.0 Å². The van der Waals surface area contributed by atoms with Crippen LogP contribution in [-0.2, 0) is 19.1 Å². The van der Waals surface area contributed by atoms with Crippen LogP contribution in [0.3, 0.4) is 0 Å². The summed E-state index contributed by atoms with van der Waals surface area (Å²) in [5.41, 5.74) is -0.531. The minimum Gasteiger partial charge on any atom is -0.467 e. The van der Waals surface area contributed by atoms with Gasteiger partial charge in [0.25, 0.3) is 5.91 Å². The number of esters is 1. The Hall–Kier alpha value is -3.10. The molecule has 2 aliphatic rings. The van der Waals surface area contributed by atoms with Gasteiger partial charge in [-0.15, -0.1) is 0 Å². The van der Waals surface area contributed by atoms with Gasteiger partial charge in [-0.25, -0.2) is 4.79 Å². The molecule has 9 nitrogen and oxygen atoms in total. The molecule has 2 heterocycles. The molecule has 0 saturated carbocycles. The first-order valence-electron chi connectivity index (χ1n) is 10.6. The highest BCUT2D eigenvalue weighted by molar-refractivity contribution is 5.98. The Labute approximate surface area is 181 Å². The van der Waals surface area contributed by atoms with Crippen LogP contribution in [0.4, 0.5) is 0 Å². The van der Waals surface area contributed by atoms with E-state index in [1.54, 1.807) is 31.2 Å². The van der Waals surface area contributed by atoms with Crippen LogP contribution in [0, 0.1) is 5.92 Å². The molecule has 168 valence electrons. The number of carbonyl (C=O) groups excluding carboxylic acids is 4. The summed E-state index contributed by atoms with van der Waals surface area (Å²) >= 11 is 0. The summed E-state index contributed by atoms with van der Waals surface area (Å²) in [5, 5.41) is 5.57. The average Bonchev–Trinajstić information content (AvgIpc) is 2.86. The topological polar surface area (TPSA) is 114 Å².